The Morgan fingerprint density at radius 1 is 1.00 bits per heavy atom. The summed E-state index contributed by atoms with van der Waals surface area (Å²) >= 11 is 0. The van der Waals surface area contributed by atoms with E-state index in [4.69, 9.17) is 0 Å². The molecule has 2 aliphatic carbocycles. The average molecular weight is 291 g/mol. The van der Waals surface area contributed by atoms with Crippen molar-refractivity contribution in [1.82, 2.24) is 0 Å². The van der Waals surface area contributed by atoms with Crippen LogP contribution >= 0.6 is 0 Å². The Labute approximate surface area is 133 Å². The monoisotopic (exact) mass is 290 g/mol. The number of allylic oxidation sites excluding steroid dienone is 2. The van der Waals surface area contributed by atoms with Crippen molar-refractivity contribution in [3.63, 3.8) is 0 Å². The largest absolute Gasteiger partial charge is 0.0850 e. The van der Waals surface area contributed by atoms with Crippen LogP contribution in [-0.4, -0.2) is 0 Å². The quantitative estimate of drug-likeness (QED) is 0.482. The Bertz CT molecular complexity index is 420. The number of unbranched alkanes of at least 4 members (excludes halogenated alkanes) is 1. The van der Waals surface area contributed by atoms with E-state index in [1.165, 1.54) is 51.4 Å². The SMILES string of the molecule is CCCCC1(C)C2(C)CCC(C)=CCC(C)(C2)[C@]1(C)CC. The summed E-state index contributed by atoms with van der Waals surface area (Å²) in [6, 6.07) is 0. The Morgan fingerprint density at radius 3 is 2.24 bits per heavy atom. The molecule has 0 aromatic carbocycles. The molecule has 2 rings (SSSR count). The average Bonchev–Trinajstić information content (AvgIpc) is 2.58. The van der Waals surface area contributed by atoms with Crippen molar-refractivity contribution in [3.8, 4) is 0 Å². The smallest absolute Gasteiger partial charge is 0.0212 e. The lowest BCUT2D eigenvalue weighted by Crippen LogP contribution is -2.46. The van der Waals surface area contributed by atoms with Gasteiger partial charge in [0.05, 0.1) is 0 Å². The highest BCUT2D eigenvalue weighted by molar-refractivity contribution is 5.20. The second-order valence-electron chi connectivity index (χ2n) is 9.17. The number of hydrogen-bond acceptors (Lipinski definition) is 0. The minimum absolute atomic E-state index is 0.463. The van der Waals surface area contributed by atoms with Crippen LogP contribution in [0.4, 0.5) is 0 Å². The Kier molecular flexibility index (Phi) is 4.42. The van der Waals surface area contributed by atoms with E-state index in [9.17, 15) is 0 Å². The Morgan fingerprint density at radius 2 is 1.67 bits per heavy atom. The molecule has 0 radical (unpaired) electrons. The van der Waals surface area contributed by atoms with Crippen molar-refractivity contribution in [1.29, 1.82) is 0 Å². The lowest BCUT2D eigenvalue weighted by molar-refractivity contribution is -0.0444. The molecule has 0 nitrogen and oxygen atoms in total. The maximum absolute atomic E-state index is 2.65. The molecule has 0 heteroatoms. The molecule has 0 aromatic rings. The van der Waals surface area contributed by atoms with E-state index in [0.717, 1.165) is 0 Å². The van der Waals surface area contributed by atoms with Crippen LogP contribution in [0.15, 0.2) is 11.6 Å². The summed E-state index contributed by atoms with van der Waals surface area (Å²) in [6.07, 6.45) is 13.5. The molecule has 3 unspecified atom stereocenters. The van der Waals surface area contributed by atoms with Crippen LogP contribution in [0.5, 0.6) is 0 Å². The number of rotatable bonds is 4. The van der Waals surface area contributed by atoms with Crippen LogP contribution in [0.25, 0.3) is 0 Å². The van der Waals surface area contributed by atoms with Gasteiger partial charge in [-0.15, -0.1) is 0 Å². The normalized spacial score (nSPS) is 46.9. The van der Waals surface area contributed by atoms with Crippen molar-refractivity contribution in [2.24, 2.45) is 21.7 Å². The molecule has 0 spiro atoms. The molecule has 0 N–H and O–H groups in total. The third-order valence-electron chi connectivity index (χ3n) is 8.37. The van der Waals surface area contributed by atoms with Gasteiger partial charge in [0.25, 0.3) is 0 Å². The van der Waals surface area contributed by atoms with Crippen LogP contribution < -0.4 is 0 Å². The summed E-state index contributed by atoms with van der Waals surface area (Å²) in [7, 11) is 0. The second-order valence-corrected chi connectivity index (χ2v) is 9.17. The van der Waals surface area contributed by atoms with Gasteiger partial charge in [-0.1, -0.05) is 66.0 Å². The molecule has 21 heavy (non-hydrogen) atoms. The molecule has 2 aliphatic rings. The second kappa shape index (κ2) is 5.43. The fourth-order valence-electron chi connectivity index (χ4n) is 6.14. The van der Waals surface area contributed by atoms with Crippen molar-refractivity contribution in [3.05, 3.63) is 11.6 Å². The van der Waals surface area contributed by atoms with Crippen LogP contribution in [0.1, 0.15) is 99.8 Å². The highest BCUT2D eigenvalue weighted by Gasteiger charge is 2.67. The molecule has 0 aliphatic heterocycles. The fourth-order valence-corrected chi connectivity index (χ4v) is 6.14. The maximum atomic E-state index is 2.65. The van der Waals surface area contributed by atoms with Crippen LogP contribution in [-0.2, 0) is 0 Å². The van der Waals surface area contributed by atoms with Gasteiger partial charge >= 0.3 is 0 Å². The fraction of sp³-hybridized carbons (Fsp3) is 0.905. The molecule has 0 aromatic heterocycles. The molecular weight excluding hydrogens is 252 g/mol. The maximum Gasteiger partial charge on any atom is -0.0212 e. The van der Waals surface area contributed by atoms with Crippen molar-refractivity contribution < 1.29 is 0 Å². The number of fused-ring (bicyclic) bond motifs is 2. The van der Waals surface area contributed by atoms with Gasteiger partial charge in [0, 0.05) is 0 Å². The summed E-state index contributed by atoms with van der Waals surface area (Å²) in [5.41, 5.74) is 3.56. The standard InChI is InChI=1S/C21H38/c1-8-10-13-21(7)19(5)15-12-17(3)11-14-18(4,16-19)20(21,6)9-2/h11H,8-10,12-16H2,1-7H3/t18?,19?,20-,21?/m0/s1. The zero-order valence-corrected chi connectivity index (χ0v) is 15.7. The van der Waals surface area contributed by atoms with Gasteiger partial charge in [-0.3, -0.25) is 0 Å². The topological polar surface area (TPSA) is 0 Å². The van der Waals surface area contributed by atoms with Gasteiger partial charge in [0.15, 0.2) is 0 Å². The summed E-state index contributed by atoms with van der Waals surface area (Å²) in [5, 5.41) is 0. The van der Waals surface area contributed by atoms with Gasteiger partial charge < -0.3 is 0 Å². The predicted octanol–water partition coefficient (Wildman–Crippen LogP) is 7.15. The first-order valence-corrected chi connectivity index (χ1v) is 9.34. The van der Waals surface area contributed by atoms with Crippen LogP contribution in [0.3, 0.4) is 0 Å². The predicted molar refractivity (Wildman–Crippen MR) is 94.5 cm³/mol. The third-order valence-corrected chi connectivity index (χ3v) is 8.37. The van der Waals surface area contributed by atoms with Crippen LogP contribution in [0.2, 0.25) is 0 Å². The van der Waals surface area contributed by atoms with Gasteiger partial charge in [0.1, 0.15) is 0 Å². The summed E-state index contributed by atoms with van der Waals surface area (Å²) in [6.45, 7) is 17.6. The third kappa shape index (κ3) is 2.23. The highest BCUT2D eigenvalue weighted by Crippen LogP contribution is 2.76. The van der Waals surface area contributed by atoms with E-state index in [2.05, 4.69) is 54.5 Å². The minimum Gasteiger partial charge on any atom is -0.0850 e. The first-order valence-electron chi connectivity index (χ1n) is 9.34. The van der Waals surface area contributed by atoms with Crippen molar-refractivity contribution in [2.45, 2.75) is 99.8 Å². The summed E-state index contributed by atoms with van der Waals surface area (Å²) in [5.74, 6) is 0. The Balaban J connectivity index is 2.54. The number of hydrogen-bond donors (Lipinski definition) is 0. The molecule has 0 saturated heterocycles. The molecule has 122 valence electrons. The van der Waals surface area contributed by atoms with E-state index in [-0.39, 0.29) is 0 Å². The molecule has 2 bridgehead atoms. The van der Waals surface area contributed by atoms with Gasteiger partial charge in [-0.25, -0.2) is 0 Å². The molecule has 1 saturated carbocycles. The zero-order valence-electron chi connectivity index (χ0n) is 15.7. The first kappa shape index (κ1) is 17.1. The van der Waals surface area contributed by atoms with Crippen LogP contribution in [0, 0.1) is 21.7 Å². The molecule has 0 heterocycles. The molecular formula is C21H38. The Hall–Kier alpha value is -0.260. The molecule has 4 atom stereocenters. The first-order chi connectivity index (χ1) is 9.68. The van der Waals surface area contributed by atoms with Gasteiger partial charge in [-0.05, 0) is 67.1 Å². The zero-order chi connectivity index (χ0) is 15.9. The lowest BCUT2D eigenvalue weighted by atomic mass is 9.51. The minimum atomic E-state index is 0.463. The highest BCUT2D eigenvalue weighted by atomic mass is 14.7. The molecule has 0 amide bonds. The van der Waals surface area contributed by atoms with E-state index in [0.29, 0.717) is 21.7 Å². The van der Waals surface area contributed by atoms with E-state index < -0.39 is 0 Å². The van der Waals surface area contributed by atoms with Gasteiger partial charge in [-0.2, -0.15) is 0 Å². The summed E-state index contributed by atoms with van der Waals surface area (Å²) in [4.78, 5) is 0. The van der Waals surface area contributed by atoms with Crippen molar-refractivity contribution >= 4 is 0 Å². The lowest BCUT2D eigenvalue weighted by Gasteiger charge is -2.53. The van der Waals surface area contributed by atoms with E-state index >= 15 is 0 Å². The van der Waals surface area contributed by atoms with Crippen molar-refractivity contribution in [2.75, 3.05) is 0 Å². The van der Waals surface area contributed by atoms with Gasteiger partial charge in [0.2, 0.25) is 0 Å². The molecule has 1 fully saturated rings. The summed E-state index contributed by atoms with van der Waals surface area (Å²) < 4.78 is 0. The van der Waals surface area contributed by atoms with E-state index in [1.54, 1.807) is 5.57 Å². The van der Waals surface area contributed by atoms with E-state index in [1.807, 2.05) is 0 Å².